The number of carbonyl (C=O) groups is 2. The summed E-state index contributed by atoms with van der Waals surface area (Å²) in [6, 6.07) is 2.73. The Bertz CT molecular complexity index is 498. The number of ether oxygens (including phenoxy) is 1. The Hall–Kier alpha value is -1.43. The minimum absolute atomic E-state index is 0.0488. The zero-order chi connectivity index (χ0) is 15.6. The summed E-state index contributed by atoms with van der Waals surface area (Å²) < 4.78 is 10.5. The van der Waals surface area contributed by atoms with E-state index >= 15 is 0 Å². The van der Waals surface area contributed by atoms with E-state index in [1.54, 1.807) is 42.6 Å². The standard InChI is InChI=1S/C15H21NO4S/c1-9(2)14-16(13(17)12-6-5-7-19-12)11(8-21-14)15(18)20-10(3)4/h5-7,9-11,14H,8H2,1-4H3. The third kappa shape index (κ3) is 3.43. The van der Waals surface area contributed by atoms with Crippen molar-refractivity contribution in [3.8, 4) is 0 Å². The molecule has 2 heterocycles. The van der Waals surface area contributed by atoms with Crippen molar-refractivity contribution in [2.24, 2.45) is 5.92 Å². The number of thioether (sulfide) groups is 1. The van der Waals surface area contributed by atoms with Gasteiger partial charge in [-0.25, -0.2) is 4.79 Å². The molecule has 2 atom stereocenters. The lowest BCUT2D eigenvalue weighted by Gasteiger charge is -2.30. The number of carbonyl (C=O) groups excluding carboxylic acids is 2. The molecule has 0 spiro atoms. The van der Waals surface area contributed by atoms with Crippen molar-refractivity contribution in [3.63, 3.8) is 0 Å². The van der Waals surface area contributed by atoms with Crippen LogP contribution in [0.3, 0.4) is 0 Å². The van der Waals surface area contributed by atoms with Crippen molar-refractivity contribution in [1.29, 1.82) is 0 Å². The first kappa shape index (κ1) is 15.9. The van der Waals surface area contributed by atoms with Crippen LogP contribution < -0.4 is 0 Å². The molecule has 116 valence electrons. The normalized spacial score (nSPS) is 22.1. The zero-order valence-electron chi connectivity index (χ0n) is 12.7. The van der Waals surface area contributed by atoms with Gasteiger partial charge < -0.3 is 14.1 Å². The van der Waals surface area contributed by atoms with Crippen LogP contribution in [0.2, 0.25) is 0 Å². The lowest BCUT2D eigenvalue weighted by molar-refractivity contribution is -0.152. The van der Waals surface area contributed by atoms with Crippen LogP contribution in [0.1, 0.15) is 38.2 Å². The van der Waals surface area contributed by atoms with Crippen molar-refractivity contribution in [1.82, 2.24) is 4.90 Å². The lowest BCUT2D eigenvalue weighted by Crippen LogP contribution is -2.48. The second kappa shape index (κ2) is 6.56. The van der Waals surface area contributed by atoms with Crippen LogP contribution in [0.5, 0.6) is 0 Å². The summed E-state index contributed by atoms with van der Waals surface area (Å²) in [6.45, 7) is 7.68. The number of nitrogens with zero attached hydrogens (tertiary/aromatic N) is 1. The molecule has 1 fully saturated rings. The van der Waals surface area contributed by atoms with Gasteiger partial charge in [0.05, 0.1) is 17.7 Å². The van der Waals surface area contributed by atoms with Gasteiger partial charge in [-0.1, -0.05) is 13.8 Å². The molecule has 0 aliphatic carbocycles. The molecule has 1 aliphatic rings. The average molecular weight is 311 g/mol. The van der Waals surface area contributed by atoms with Crippen molar-refractivity contribution >= 4 is 23.6 Å². The van der Waals surface area contributed by atoms with E-state index in [4.69, 9.17) is 9.15 Å². The first-order valence-corrected chi connectivity index (χ1v) is 8.15. The Kier molecular flexibility index (Phi) is 4.98. The van der Waals surface area contributed by atoms with Crippen molar-refractivity contribution in [2.45, 2.75) is 45.2 Å². The molecule has 0 saturated carbocycles. The van der Waals surface area contributed by atoms with Crippen molar-refractivity contribution < 1.29 is 18.7 Å². The molecule has 1 amide bonds. The Labute approximate surface area is 129 Å². The molecule has 1 aliphatic heterocycles. The average Bonchev–Trinajstić information content (AvgIpc) is 3.06. The van der Waals surface area contributed by atoms with E-state index in [-0.39, 0.29) is 35.0 Å². The first-order valence-electron chi connectivity index (χ1n) is 7.10. The Morgan fingerprint density at radius 1 is 1.38 bits per heavy atom. The minimum atomic E-state index is -0.553. The highest BCUT2D eigenvalue weighted by molar-refractivity contribution is 8.00. The quantitative estimate of drug-likeness (QED) is 0.800. The first-order chi connectivity index (χ1) is 9.91. The fourth-order valence-corrected chi connectivity index (χ4v) is 3.78. The predicted octanol–water partition coefficient (Wildman–Crippen LogP) is 2.77. The Balaban J connectivity index is 2.24. The van der Waals surface area contributed by atoms with E-state index in [0.29, 0.717) is 5.75 Å². The smallest absolute Gasteiger partial charge is 0.330 e. The Morgan fingerprint density at radius 2 is 2.10 bits per heavy atom. The largest absolute Gasteiger partial charge is 0.461 e. The van der Waals surface area contributed by atoms with Crippen LogP contribution in [0.15, 0.2) is 22.8 Å². The van der Waals surface area contributed by atoms with E-state index in [2.05, 4.69) is 0 Å². The number of furan rings is 1. The van der Waals surface area contributed by atoms with Gasteiger partial charge in [0.25, 0.3) is 5.91 Å². The second-order valence-corrected chi connectivity index (χ2v) is 6.81. The molecule has 0 aromatic carbocycles. The SMILES string of the molecule is CC(C)OC(=O)C1CSC(C(C)C)N1C(=O)c1ccco1. The molecule has 0 radical (unpaired) electrons. The Morgan fingerprint density at radius 3 is 2.62 bits per heavy atom. The zero-order valence-corrected chi connectivity index (χ0v) is 13.6. The van der Waals surface area contributed by atoms with Crippen LogP contribution in [-0.4, -0.2) is 40.0 Å². The van der Waals surface area contributed by atoms with Crippen LogP contribution in [0.25, 0.3) is 0 Å². The van der Waals surface area contributed by atoms with Gasteiger partial charge in [0.1, 0.15) is 6.04 Å². The number of hydrogen-bond acceptors (Lipinski definition) is 5. The molecule has 21 heavy (non-hydrogen) atoms. The molecular weight excluding hydrogens is 290 g/mol. The third-order valence-corrected chi connectivity index (χ3v) is 4.82. The topological polar surface area (TPSA) is 59.8 Å². The van der Waals surface area contributed by atoms with E-state index in [1.807, 2.05) is 13.8 Å². The number of amides is 1. The van der Waals surface area contributed by atoms with Crippen LogP contribution >= 0.6 is 11.8 Å². The van der Waals surface area contributed by atoms with Crippen LogP contribution in [0.4, 0.5) is 0 Å². The van der Waals surface area contributed by atoms with Gasteiger partial charge in [0.2, 0.25) is 0 Å². The van der Waals surface area contributed by atoms with Gasteiger partial charge in [0, 0.05) is 5.75 Å². The molecule has 0 bridgehead atoms. The summed E-state index contributed by atoms with van der Waals surface area (Å²) in [6.07, 6.45) is 1.27. The summed E-state index contributed by atoms with van der Waals surface area (Å²) >= 11 is 1.61. The molecule has 1 saturated heterocycles. The summed E-state index contributed by atoms with van der Waals surface area (Å²) in [5.74, 6) is 0.451. The highest BCUT2D eigenvalue weighted by Crippen LogP contribution is 2.35. The van der Waals surface area contributed by atoms with Gasteiger partial charge in [-0.3, -0.25) is 4.79 Å². The van der Waals surface area contributed by atoms with E-state index in [9.17, 15) is 9.59 Å². The summed E-state index contributed by atoms with van der Waals surface area (Å²) in [4.78, 5) is 26.5. The minimum Gasteiger partial charge on any atom is -0.461 e. The van der Waals surface area contributed by atoms with Gasteiger partial charge in [-0.15, -0.1) is 11.8 Å². The maximum atomic E-state index is 12.6. The highest BCUT2D eigenvalue weighted by atomic mass is 32.2. The van der Waals surface area contributed by atoms with Crippen molar-refractivity contribution in [2.75, 3.05) is 5.75 Å². The number of hydrogen-bond donors (Lipinski definition) is 0. The molecule has 1 aromatic rings. The second-order valence-electron chi connectivity index (χ2n) is 5.66. The number of esters is 1. The molecule has 2 unspecified atom stereocenters. The van der Waals surface area contributed by atoms with E-state index < -0.39 is 6.04 Å². The molecule has 2 rings (SSSR count). The summed E-state index contributed by atoms with van der Waals surface area (Å²) in [7, 11) is 0. The van der Waals surface area contributed by atoms with Crippen LogP contribution in [-0.2, 0) is 9.53 Å². The maximum absolute atomic E-state index is 12.6. The number of rotatable bonds is 4. The van der Waals surface area contributed by atoms with Gasteiger partial charge in [-0.2, -0.15) is 0 Å². The van der Waals surface area contributed by atoms with E-state index in [1.165, 1.54) is 6.26 Å². The monoisotopic (exact) mass is 311 g/mol. The molecule has 1 aromatic heterocycles. The molecule has 0 N–H and O–H groups in total. The van der Waals surface area contributed by atoms with E-state index in [0.717, 1.165) is 0 Å². The van der Waals surface area contributed by atoms with Gasteiger partial charge in [-0.05, 0) is 31.9 Å². The van der Waals surface area contributed by atoms with Crippen LogP contribution in [0, 0.1) is 5.92 Å². The molecular formula is C15H21NO4S. The highest BCUT2D eigenvalue weighted by Gasteiger charge is 2.44. The summed E-state index contributed by atoms with van der Waals surface area (Å²) in [5.41, 5.74) is 0. The maximum Gasteiger partial charge on any atom is 0.330 e. The van der Waals surface area contributed by atoms with Crippen molar-refractivity contribution in [3.05, 3.63) is 24.2 Å². The molecule has 5 nitrogen and oxygen atoms in total. The lowest BCUT2D eigenvalue weighted by atomic mass is 10.1. The summed E-state index contributed by atoms with van der Waals surface area (Å²) in [5, 5.41) is -0.0488. The fourth-order valence-electron chi connectivity index (χ4n) is 2.32. The fraction of sp³-hybridized carbons (Fsp3) is 0.600. The predicted molar refractivity (Wildman–Crippen MR) is 81.0 cm³/mol. The van der Waals surface area contributed by atoms with Gasteiger partial charge >= 0.3 is 5.97 Å². The molecule has 6 heteroatoms. The van der Waals surface area contributed by atoms with Gasteiger partial charge in [0.15, 0.2) is 5.76 Å². The third-order valence-electron chi connectivity index (χ3n) is 3.20.